The van der Waals surface area contributed by atoms with E-state index in [1.165, 1.54) is 57.1 Å². The molecule has 4 rings (SSSR count). The quantitative estimate of drug-likeness (QED) is 0.0752. The van der Waals surface area contributed by atoms with Gasteiger partial charge in [-0.3, -0.25) is 14.4 Å². The molecule has 1 N–H and O–H groups in total. The van der Waals surface area contributed by atoms with Crippen molar-refractivity contribution in [3.63, 3.8) is 0 Å². The molecule has 0 aromatic heterocycles. The van der Waals surface area contributed by atoms with Gasteiger partial charge in [-0.1, -0.05) is 132 Å². The molecular formula is C38H47NO7S. The van der Waals surface area contributed by atoms with Gasteiger partial charge in [-0.25, -0.2) is 8.42 Å². The van der Waals surface area contributed by atoms with E-state index in [1.54, 1.807) is 55.5 Å². The molecule has 0 radical (unpaired) electrons. The van der Waals surface area contributed by atoms with Crippen molar-refractivity contribution in [2.24, 2.45) is 0 Å². The molecule has 0 unspecified atom stereocenters. The highest BCUT2D eigenvalue weighted by molar-refractivity contribution is 7.89. The molecule has 0 spiro atoms. The van der Waals surface area contributed by atoms with Crippen LogP contribution in [0.2, 0.25) is 0 Å². The zero-order valence-corrected chi connectivity index (χ0v) is 28.4. The second kappa shape index (κ2) is 17.9. The summed E-state index contributed by atoms with van der Waals surface area (Å²) in [7, 11) is -4.38. The lowest BCUT2D eigenvalue weighted by atomic mass is 10.0. The Morgan fingerprint density at radius 1 is 0.702 bits per heavy atom. The Labute approximate surface area is 279 Å². The standard InChI is InChI=1S/C38H47NO7S/c1-3-5-6-7-8-9-10-11-12-13-17-24-34(40)46-37(28-20-15-14-16-21-28)35(38(42)45-4-2)39-47(43,44)29-25-26-31-30-22-18-19-23-32(30)36(41)33(31)27-29/h14-16,18-23,25-27,35,37,39H,3-13,17,24H2,1-2H3/t35-,37+/m0/s1. The maximum Gasteiger partial charge on any atom is 0.328 e. The van der Waals surface area contributed by atoms with Crippen LogP contribution in [-0.4, -0.2) is 38.8 Å². The molecule has 3 aromatic rings. The predicted molar refractivity (Wildman–Crippen MR) is 182 cm³/mol. The number of sulfonamides is 1. The predicted octanol–water partition coefficient (Wildman–Crippen LogP) is 8.09. The molecule has 1 aliphatic rings. The van der Waals surface area contributed by atoms with Crippen molar-refractivity contribution in [1.82, 2.24) is 4.72 Å². The van der Waals surface area contributed by atoms with Crippen LogP contribution in [0.1, 0.15) is 118 Å². The largest absolute Gasteiger partial charge is 0.465 e. The Kier molecular flexibility index (Phi) is 13.7. The minimum Gasteiger partial charge on any atom is -0.465 e. The van der Waals surface area contributed by atoms with Gasteiger partial charge in [0.2, 0.25) is 10.0 Å². The number of ether oxygens (including phenoxy) is 2. The molecule has 0 aliphatic heterocycles. The molecule has 2 atom stereocenters. The van der Waals surface area contributed by atoms with Crippen molar-refractivity contribution < 1.29 is 32.3 Å². The van der Waals surface area contributed by atoms with Gasteiger partial charge in [0.05, 0.1) is 11.5 Å². The second-order valence-corrected chi connectivity index (χ2v) is 13.8. The number of hydrogen-bond acceptors (Lipinski definition) is 7. The van der Waals surface area contributed by atoms with Crippen LogP contribution in [0.15, 0.2) is 77.7 Å². The summed E-state index contributed by atoms with van der Waals surface area (Å²) in [6.45, 7) is 3.83. The Balaban J connectivity index is 1.44. The highest BCUT2D eigenvalue weighted by atomic mass is 32.2. The van der Waals surface area contributed by atoms with Crippen molar-refractivity contribution in [3.05, 3.63) is 89.5 Å². The third-order valence-corrected chi connectivity index (χ3v) is 9.94. The maximum absolute atomic E-state index is 13.8. The zero-order valence-electron chi connectivity index (χ0n) is 27.5. The highest BCUT2D eigenvalue weighted by Crippen LogP contribution is 2.37. The molecule has 0 fully saturated rings. The number of carbonyl (C=O) groups is 3. The van der Waals surface area contributed by atoms with Gasteiger partial charge >= 0.3 is 11.9 Å². The summed E-state index contributed by atoms with van der Waals surface area (Å²) >= 11 is 0. The van der Waals surface area contributed by atoms with Crippen LogP contribution in [0.4, 0.5) is 0 Å². The van der Waals surface area contributed by atoms with E-state index in [9.17, 15) is 22.8 Å². The maximum atomic E-state index is 13.8. The van der Waals surface area contributed by atoms with Crippen molar-refractivity contribution in [3.8, 4) is 11.1 Å². The summed E-state index contributed by atoms with van der Waals surface area (Å²) in [5, 5.41) is 0. The van der Waals surface area contributed by atoms with E-state index in [0.717, 1.165) is 24.8 Å². The number of unbranched alkanes of at least 4 members (excludes halogenated alkanes) is 10. The lowest BCUT2D eigenvalue weighted by Crippen LogP contribution is -2.47. The summed E-state index contributed by atoms with van der Waals surface area (Å²) in [6.07, 6.45) is 11.4. The van der Waals surface area contributed by atoms with E-state index in [-0.39, 0.29) is 29.3 Å². The van der Waals surface area contributed by atoms with Crippen molar-refractivity contribution in [2.45, 2.75) is 108 Å². The van der Waals surface area contributed by atoms with Crippen LogP contribution < -0.4 is 4.72 Å². The SMILES string of the molecule is CCCCCCCCCCCCCC(=O)O[C@H](c1ccccc1)[C@H](NS(=O)(=O)c1ccc2c(c1)C(=O)c1ccccc1-2)C(=O)OCC. The lowest BCUT2D eigenvalue weighted by Gasteiger charge is -2.27. The minimum absolute atomic E-state index is 0.00311. The summed E-state index contributed by atoms with van der Waals surface area (Å²) in [5.74, 6) is -1.67. The molecule has 0 saturated heterocycles. The fourth-order valence-corrected chi connectivity index (χ4v) is 7.19. The smallest absolute Gasteiger partial charge is 0.328 e. The number of nitrogens with one attached hydrogen (secondary N) is 1. The monoisotopic (exact) mass is 661 g/mol. The van der Waals surface area contributed by atoms with Gasteiger partial charge in [-0.15, -0.1) is 0 Å². The molecule has 252 valence electrons. The van der Waals surface area contributed by atoms with E-state index >= 15 is 0 Å². The van der Waals surface area contributed by atoms with Crippen molar-refractivity contribution in [2.75, 3.05) is 6.61 Å². The van der Waals surface area contributed by atoms with Gasteiger partial charge in [-0.2, -0.15) is 4.72 Å². The molecule has 8 nitrogen and oxygen atoms in total. The first-order chi connectivity index (χ1) is 22.8. The summed E-state index contributed by atoms with van der Waals surface area (Å²) < 4.78 is 41.1. The topological polar surface area (TPSA) is 116 Å². The molecule has 0 bridgehead atoms. The zero-order chi connectivity index (χ0) is 33.6. The number of esters is 2. The van der Waals surface area contributed by atoms with Crippen LogP contribution in [-0.2, 0) is 29.1 Å². The highest BCUT2D eigenvalue weighted by Gasteiger charge is 2.38. The number of rotatable bonds is 20. The van der Waals surface area contributed by atoms with Crippen LogP contribution in [0.25, 0.3) is 11.1 Å². The Bertz CT molecular complexity index is 1600. The van der Waals surface area contributed by atoms with Gasteiger partial charge in [-0.05, 0) is 42.2 Å². The lowest BCUT2D eigenvalue weighted by molar-refractivity contribution is -0.158. The van der Waals surface area contributed by atoms with Gasteiger partial charge in [0.25, 0.3) is 0 Å². The second-order valence-electron chi connectivity index (χ2n) is 12.0. The average molecular weight is 662 g/mol. The fraction of sp³-hybridized carbons (Fsp3) is 0.447. The Morgan fingerprint density at radius 2 is 1.28 bits per heavy atom. The Morgan fingerprint density at radius 3 is 1.91 bits per heavy atom. The first kappa shape index (κ1) is 36.0. The van der Waals surface area contributed by atoms with E-state index in [2.05, 4.69) is 11.6 Å². The van der Waals surface area contributed by atoms with Crippen LogP contribution in [0.5, 0.6) is 0 Å². The van der Waals surface area contributed by atoms with E-state index in [0.29, 0.717) is 23.1 Å². The first-order valence-corrected chi connectivity index (χ1v) is 18.5. The number of carbonyl (C=O) groups excluding carboxylic acids is 3. The van der Waals surface area contributed by atoms with Crippen LogP contribution in [0.3, 0.4) is 0 Å². The fourth-order valence-electron chi connectivity index (χ4n) is 5.98. The molecule has 3 aromatic carbocycles. The molecule has 9 heteroatoms. The summed E-state index contributed by atoms with van der Waals surface area (Å²) in [4.78, 5) is 39.3. The summed E-state index contributed by atoms with van der Waals surface area (Å²) in [5.41, 5.74) is 2.59. The molecule has 1 aliphatic carbocycles. The van der Waals surface area contributed by atoms with Crippen LogP contribution >= 0.6 is 0 Å². The molecule has 0 amide bonds. The molecule has 47 heavy (non-hydrogen) atoms. The van der Waals surface area contributed by atoms with Gasteiger partial charge in [0, 0.05) is 17.5 Å². The van der Waals surface area contributed by atoms with E-state index in [4.69, 9.17) is 9.47 Å². The van der Waals surface area contributed by atoms with Crippen molar-refractivity contribution >= 4 is 27.7 Å². The summed E-state index contributed by atoms with van der Waals surface area (Å²) in [6, 6.07) is 18.4. The normalized spacial score (nSPS) is 13.4. The van der Waals surface area contributed by atoms with Crippen LogP contribution in [0, 0.1) is 0 Å². The number of benzene rings is 3. The number of hydrogen-bond donors (Lipinski definition) is 1. The minimum atomic E-state index is -4.38. The van der Waals surface area contributed by atoms with Gasteiger partial charge in [0.15, 0.2) is 17.9 Å². The average Bonchev–Trinajstić information content (AvgIpc) is 3.36. The molecular weight excluding hydrogens is 614 g/mol. The molecule has 0 saturated carbocycles. The number of ketones is 1. The number of fused-ring (bicyclic) bond motifs is 3. The Hall–Kier alpha value is -3.82. The third-order valence-electron chi connectivity index (χ3n) is 8.50. The first-order valence-electron chi connectivity index (χ1n) is 17.0. The van der Waals surface area contributed by atoms with E-state index < -0.39 is 34.1 Å². The van der Waals surface area contributed by atoms with Crippen molar-refractivity contribution in [1.29, 1.82) is 0 Å². The van der Waals surface area contributed by atoms with Gasteiger partial charge < -0.3 is 9.47 Å². The van der Waals surface area contributed by atoms with Gasteiger partial charge in [0.1, 0.15) is 0 Å². The molecule has 0 heterocycles. The van der Waals surface area contributed by atoms with E-state index in [1.807, 2.05) is 12.1 Å². The third kappa shape index (κ3) is 9.84.